The molecule has 180 valence electrons. The van der Waals surface area contributed by atoms with E-state index in [1.165, 1.54) is 40.6 Å². The minimum atomic E-state index is -1.09. The summed E-state index contributed by atoms with van der Waals surface area (Å²) in [5.41, 5.74) is 6.99. The Bertz CT molecular complexity index is 1570. The zero-order chi connectivity index (χ0) is 26.3. The van der Waals surface area contributed by atoms with Crippen LogP contribution in [0.25, 0.3) is 10.4 Å². The van der Waals surface area contributed by atoms with Crippen molar-refractivity contribution >= 4 is 29.1 Å². The third kappa shape index (κ3) is 3.86. The molecule has 0 radical (unpaired) electrons. The maximum Gasteiger partial charge on any atom is 0.255 e. The highest BCUT2D eigenvalue weighted by Crippen LogP contribution is 2.48. The summed E-state index contributed by atoms with van der Waals surface area (Å²) in [4.78, 5) is 39.8. The maximum atomic E-state index is 13.3. The number of aliphatic imine (C=N–C) groups is 1. The molecular formula is C26H18N8O2S. The Morgan fingerprint density at radius 1 is 1.11 bits per heavy atom. The standard InChI is InChI=1S/C26H18N8O2S/c1-33-24(36)20-13-34(23(35)17-2-3-19(11-29)31-12-17)14-26(20,32-25(33)30)22-5-4-21(37-22)18-7-15(9-27)6-16(8-18)10-28/h2-8,12,20H,13-14H2,1H3,(H2,30,32)/t20-,26-/m0/s1. The summed E-state index contributed by atoms with van der Waals surface area (Å²) < 4.78 is 0. The van der Waals surface area contributed by atoms with Gasteiger partial charge < -0.3 is 10.6 Å². The molecule has 2 amide bonds. The Kier molecular flexibility index (Phi) is 5.68. The van der Waals surface area contributed by atoms with E-state index in [1.807, 2.05) is 18.2 Å². The van der Waals surface area contributed by atoms with Crippen LogP contribution in [0.4, 0.5) is 0 Å². The third-order valence-corrected chi connectivity index (χ3v) is 7.92. The molecule has 4 heterocycles. The number of fused-ring (bicyclic) bond motifs is 1. The van der Waals surface area contributed by atoms with Crippen LogP contribution in [0, 0.1) is 39.9 Å². The second-order valence-electron chi connectivity index (χ2n) is 8.76. The first kappa shape index (κ1) is 23.7. The molecule has 11 heteroatoms. The predicted molar refractivity (Wildman–Crippen MR) is 134 cm³/mol. The van der Waals surface area contributed by atoms with Gasteiger partial charge in [0.2, 0.25) is 5.91 Å². The number of hydrogen-bond donors (Lipinski definition) is 1. The van der Waals surface area contributed by atoms with Gasteiger partial charge in [-0.25, -0.2) is 9.98 Å². The number of aromatic nitrogens is 1. The van der Waals surface area contributed by atoms with Crippen LogP contribution in [0.15, 0.2) is 53.7 Å². The fraction of sp³-hybridized carbons (Fsp3) is 0.192. The summed E-state index contributed by atoms with van der Waals surface area (Å²) >= 11 is 1.38. The highest BCUT2D eigenvalue weighted by molar-refractivity contribution is 7.15. The van der Waals surface area contributed by atoms with Crippen molar-refractivity contribution in [2.45, 2.75) is 5.54 Å². The lowest BCUT2D eigenvalue weighted by molar-refractivity contribution is -0.132. The van der Waals surface area contributed by atoms with E-state index in [2.05, 4.69) is 17.1 Å². The highest BCUT2D eigenvalue weighted by Gasteiger charge is 2.57. The van der Waals surface area contributed by atoms with E-state index in [1.54, 1.807) is 24.1 Å². The molecule has 5 rings (SSSR count). The molecule has 1 aromatic carbocycles. The lowest BCUT2D eigenvalue weighted by Gasteiger charge is -2.36. The van der Waals surface area contributed by atoms with Crippen LogP contribution >= 0.6 is 11.3 Å². The summed E-state index contributed by atoms with van der Waals surface area (Å²) in [7, 11) is 1.55. The SMILES string of the molecule is CN1C(=O)[C@@H]2CN(C(=O)c3ccc(C#N)nc3)C[C@]2(c2ccc(-c3cc(C#N)cc(C#N)c3)s2)N=C1N. The van der Waals surface area contributed by atoms with E-state index >= 15 is 0 Å². The minimum Gasteiger partial charge on any atom is -0.369 e. The van der Waals surface area contributed by atoms with Gasteiger partial charge in [-0.05, 0) is 48.0 Å². The van der Waals surface area contributed by atoms with E-state index in [0.717, 1.165) is 9.75 Å². The molecule has 0 bridgehead atoms. The molecule has 2 N–H and O–H groups in total. The monoisotopic (exact) mass is 506 g/mol. The number of nitrogens with two attached hydrogens (primary N) is 1. The average molecular weight is 507 g/mol. The Hall–Kier alpha value is -5.05. The van der Waals surface area contributed by atoms with Crippen molar-refractivity contribution < 1.29 is 9.59 Å². The first-order valence-corrected chi connectivity index (χ1v) is 12.0. The van der Waals surface area contributed by atoms with Crippen molar-refractivity contribution in [3.05, 3.63) is 75.9 Å². The van der Waals surface area contributed by atoms with Crippen molar-refractivity contribution in [1.82, 2.24) is 14.8 Å². The van der Waals surface area contributed by atoms with Gasteiger partial charge in [-0.1, -0.05) is 0 Å². The number of amides is 2. The number of rotatable bonds is 3. The Balaban J connectivity index is 1.56. The molecule has 2 aromatic heterocycles. The molecule has 2 aliphatic rings. The van der Waals surface area contributed by atoms with E-state index in [-0.39, 0.29) is 36.6 Å². The fourth-order valence-corrected chi connectivity index (χ4v) is 5.89. The number of benzene rings is 1. The zero-order valence-corrected chi connectivity index (χ0v) is 20.4. The summed E-state index contributed by atoms with van der Waals surface area (Å²) in [6.07, 6.45) is 1.35. The molecule has 1 fully saturated rings. The number of carbonyl (C=O) groups excluding carboxylic acids is 2. The number of pyridine rings is 1. The van der Waals surface area contributed by atoms with E-state index in [0.29, 0.717) is 22.3 Å². The first-order chi connectivity index (χ1) is 17.8. The fourth-order valence-electron chi connectivity index (χ4n) is 4.71. The Labute approximate surface area is 216 Å². The summed E-state index contributed by atoms with van der Waals surface area (Å²) in [5.74, 6) is -1.17. The van der Waals surface area contributed by atoms with Gasteiger partial charge in [0.05, 0.1) is 41.3 Å². The molecule has 1 saturated heterocycles. The van der Waals surface area contributed by atoms with Gasteiger partial charge in [0.25, 0.3) is 5.91 Å². The smallest absolute Gasteiger partial charge is 0.255 e. The van der Waals surface area contributed by atoms with Gasteiger partial charge in [-0.15, -0.1) is 11.3 Å². The van der Waals surface area contributed by atoms with E-state index < -0.39 is 11.5 Å². The molecule has 2 atom stereocenters. The predicted octanol–water partition coefficient (Wildman–Crippen LogP) is 2.18. The second kappa shape index (κ2) is 8.87. The van der Waals surface area contributed by atoms with Gasteiger partial charge in [-0.2, -0.15) is 15.8 Å². The first-order valence-electron chi connectivity index (χ1n) is 11.1. The lowest BCUT2D eigenvalue weighted by Crippen LogP contribution is -2.54. The Morgan fingerprint density at radius 2 is 1.84 bits per heavy atom. The van der Waals surface area contributed by atoms with Crippen LogP contribution in [-0.4, -0.2) is 52.7 Å². The normalized spacial score (nSPS) is 20.4. The van der Waals surface area contributed by atoms with Crippen molar-refractivity contribution in [3.63, 3.8) is 0 Å². The van der Waals surface area contributed by atoms with Crippen LogP contribution in [0.5, 0.6) is 0 Å². The Morgan fingerprint density at radius 3 is 2.46 bits per heavy atom. The lowest BCUT2D eigenvalue weighted by atomic mass is 9.84. The number of nitrogens with zero attached hydrogens (tertiary/aromatic N) is 7. The molecule has 2 aliphatic heterocycles. The van der Waals surface area contributed by atoms with Crippen LogP contribution < -0.4 is 5.73 Å². The van der Waals surface area contributed by atoms with Crippen molar-refractivity contribution in [3.8, 4) is 28.6 Å². The average Bonchev–Trinajstić information content (AvgIpc) is 3.58. The van der Waals surface area contributed by atoms with E-state index in [4.69, 9.17) is 16.0 Å². The number of guanidine groups is 1. The van der Waals surface area contributed by atoms with Gasteiger partial charge >= 0.3 is 0 Å². The molecule has 0 unspecified atom stereocenters. The van der Waals surface area contributed by atoms with Crippen molar-refractivity contribution in [2.24, 2.45) is 16.6 Å². The summed E-state index contributed by atoms with van der Waals surface area (Å²) in [6.45, 7) is 0.257. The number of nitriles is 3. The van der Waals surface area contributed by atoms with E-state index in [9.17, 15) is 20.1 Å². The van der Waals surface area contributed by atoms with Gasteiger partial charge in [0, 0.05) is 29.5 Å². The van der Waals surface area contributed by atoms with Crippen LogP contribution in [-0.2, 0) is 10.3 Å². The van der Waals surface area contributed by atoms with Crippen LogP contribution in [0.2, 0.25) is 0 Å². The number of thiophene rings is 1. The third-order valence-electron chi connectivity index (χ3n) is 6.62. The second-order valence-corrected chi connectivity index (χ2v) is 9.84. The highest BCUT2D eigenvalue weighted by atomic mass is 32.1. The number of hydrogen-bond acceptors (Lipinski definition) is 9. The van der Waals surface area contributed by atoms with Crippen molar-refractivity contribution in [1.29, 1.82) is 15.8 Å². The number of carbonyl (C=O) groups is 2. The molecule has 0 saturated carbocycles. The maximum absolute atomic E-state index is 13.3. The number of likely N-dealkylation sites (tertiary alicyclic amines) is 1. The summed E-state index contributed by atoms with van der Waals surface area (Å²) in [5, 5.41) is 27.7. The van der Waals surface area contributed by atoms with Gasteiger partial charge in [0.1, 0.15) is 17.3 Å². The topological polar surface area (TPSA) is 163 Å². The minimum absolute atomic E-state index is 0.0591. The molecule has 10 nitrogen and oxygen atoms in total. The summed E-state index contributed by atoms with van der Waals surface area (Å²) in [6, 6.07) is 17.7. The molecule has 3 aromatic rings. The zero-order valence-electron chi connectivity index (χ0n) is 19.5. The van der Waals surface area contributed by atoms with Gasteiger partial charge in [-0.3, -0.25) is 14.5 Å². The molecule has 0 spiro atoms. The van der Waals surface area contributed by atoms with Crippen LogP contribution in [0.1, 0.15) is 32.1 Å². The van der Waals surface area contributed by atoms with Crippen LogP contribution in [0.3, 0.4) is 0 Å². The molecular weight excluding hydrogens is 488 g/mol. The quantitative estimate of drug-likeness (QED) is 0.569. The largest absolute Gasteiger partial charge is 0.369 e. The van der Waals surface area contributed by atoms with Crippen molar-refractivity contribution in [2.75, 3.05) is 20.1 Å². The molecule has 37 heavy (non-hydrogen) atoms. The molecule has 0 aliphatic carbocycles. The van der Waals surface area contributed by atoms with Gasteiger partial charge in [0.15, 0.2) is 5.96 Å².